The largest absolute Gasteiger partial charge is 0.431 e. The topological polar surface area (TPSA) is 55.1 Å². The maximum Gasteiger partial charge on any atom is 0.257 e. The molecule has 0 unspecified atom stereocenters. The van der Waals surface area contributed by atoms with Crippen LogP contribution in [0.4, 0.5) is 5.69 Å². The van der Waals surface area contributed by atoms with E-state index in [1.54, 1.807) is 0 Å². The Bertz CT molecular complexity index is 1060. The normalized spacial score (nSPS) is 10.7. The summed E-state index contributed by atoms with van der Waals surface area (Å²) >= 11 is 4.71. The van der Waals surface area contributed by atoms with E-state index in [-0.39, 0.29) is 11.7 Å². The van der Waals surface area contributed by atoms with Crippen molar-refractivity contribution >= 4 is 39.3 Å². The Morgan fingerprint density at radius 3 is 2.21 bits per heavy atom. The Labute approximate surface area is 181 Å². The lowest BCUT2D eigenvalue weighted by atomic mass is 10.1. The van der Waals surface area contributed by atoms with Crippen LogP contribution >= 0.6 is 27.7 Å². The molecule has 4 rings (SSSR count). The van der Waals surface area contributed by atoms with Gasteiger partial charge in [-0.2, -0.15) is 0 Å². The van der Waals surface area contributed by atoms with Crippen molar-refractivity contribution in [2.24, 2.45) is 0 Å². The Morgan fingerprint density at radius 2 is 1.52 bits per heavy atom. The van der Waals surface area contributed by atoms with Gasteiger partial charge in [0.25, 0.3) is 5.22 Å². The number of halogens is 1. The molecule has 0 atom stereocenters. The SMILES string of the molecule is O=C(CSc1nc(-c2ccccc2)c(-c2ccccc2)o1)Nc1ccccc1Br. The van der Waals surface area contributed by atoms with Crippen molar-refractivity contribution in [3.63, 3.8) is 0 Å². The Kier molecular flexibility index (Phi) is 6.12. The summed E-state index contributed by atoms with van der Waals surface area (Å²) in [6.45, 7) is 0. The van der Waals surface area contributed by atoms with Crippen LogP contribution < -0.4 is 5.32 Å². The average molecular weight is 465 g/mol. The number of carbonyl (C=O) groups excluding carboxylic acids is 1. The number of benzene rings is 3. The van der Waals surface area contributed by atoms with Crippen LogP contribution in [0.2, 0.25) is 0 Å². The highest BCUT2D eigenvalue weighted by molar-refractivity contribution is 9.10. The molecule has 1 heterocycles. The number of hydrogen-bond acceptors (Lipinski definition) is 4. The standard InChI is InChI=1S/C23H17BrN2O2S/c24-18-13-7-8-14-19(18)25-20(27)15-29-23-26-21(16-9-3-1-4-10-16)22(28-23)17-11-5-2-6-12-17/h1-14H,15H2,(H,25,27). The van der Waals surface area contributed by atoms with E-state index >= 15 is 0 Å². The summed E-state index contributed by atoms with van der Waals surface area (Å²) in [5.74, 6) is 0.776. The molecule has 1 aromatic heterocycles. The molecular weight excluding hydrogens is 448 g/mol. The van der Waals surface area contributed by atoms with Crippen molar-refractivity contribution in [3.05, 3.63) is 89.4 Å². The lowest BCUT2D eigenvalue weighted by Crippen LogP contribution is -2.14. The van der Waals surface area contributed by atoms with Crippen LogP contribution in [0.3, 0.4) is 0 Å². The zero-order valence-electron chi connectivity index (χ0n) is 15.3. The monoisotopic (exact) mass is 464 g/mol. The van der Waals surface area contributed by atoms with Gasteiger partial charge in [0.05, 0.1) is 11.4 Å². The Morgan fingerprint density at radius 1 is 0.897 bits per heavy atom. The van der Waals surface area contributed by atoms with Gasteiger partial charge in [-0.15, -0.1) is 0 Å². The van der Waals surface area contributed by atoms with E-state index in [0.29, 0.717) is 11.0 Å². The highest BCUT2D eigenvalue weighted by atomic mass is 79.9. The van der Waals surface area contributed by atoms with Crippen molar-refractivity contribution in [2.45, 2.75) is 5.22 Å². The molecule has 0 radical (unpaired) electrons. The molecule has 0 aliphatic heterocycles. The van der Waals surface area contributed by atoms with E-state index in [9.17, 15) is 4.79 Å². The highest BCUT2D eigenvalue weighted by Gasteiger charge is 2.18. The molecule has 0 saturated carbocycles. The third-order valence-electron chi connectivity index (χ3n) is 4.17. The number of para-hydroxylation sites is 1. The average Bonchev–Trinajstić information content (AvgIpc) is 3.20. The second-order valence-corrected chi connectivity index (χ2v) is 7.99. The first-order valence-electron chi connectivity index (χ1n) is 8.99. The molecule has 0 saturated heterocycles. The Balaban J connectivity index is 1.54. The smallest absolute Gasteiger partial charge is 0.257 e. The van der Waals surface area contributed by atoms with E-state index in [4.69, 9.17) is 4.42 Å². The van der Waals surface area contributed by atoms with Gasteiger partial charge >= 0.3 is 0 Å². The fourth-order valence-electron chi connectivity index (χ4n) is 2.82. The fourth-order valence-corrected chi connectivity index (χ4v) is 3.82. The van der Waals surface area contributed by atoms with Crippen molar-refractivity contribution in [2.75, 3.05) is 11.1 Å². The van der Waals surface area contributed by atoms with Crippen LogP contribution in [0.1, 0.15) is 0 Å². The van der Waals surface area contributed by atoms with Gasteiger partial charge in [-0.1, -0.05) is 84.6 Å². The van der Waals surface area contributed by atoms with E-state index in [1.807, 2.05) is 84.9 Å². The summed E-state index contributed by atoms with van der Waals surface area (Å²) in [5.41, 5.74) is 3.42. The lowest BCUT2D eigenvalue weighted by molar-refractivity contribution is -0.113. The van der Waals surface area contributed by atoms with Crippen molar-refractivity contribution in [3.8, 4) is 22.6 Å². The summed E-state index contributed by atoms with van der Waals surface area (Å²) < 4.78 is 6.88. The first kappa shape index (κ1) is 19.5. The molecule has 1 N–H and O–H groups in total. The van der Waals surface area contributed by atoms with Crippen LogP contribution in [0.15, 0.2) is 99.0 Å². The molecule has 6 heteroatoms. The van der Waals surface area contributed by atoms with Crippen molar-refractivity contribution < 1.29 is 9.21 Å². The van der Waals surface area contributed by atoms with Gasteiger partial charge in [-0.05, 0) is 28.1 Å². The highest BCUT2D eigenvalue weighted by Crippen LogP contribution is 2.35. The molecule has 1 amide bonds. The lowest BCUT2D eigenvalue weighted by Gasteiger charge is -2.05. The minimum Gasteiger partial charge on any atom is -0.431 e. The van der Waals surface area contributed by atoms with Gasteiger partial charge in [0.1, 0.15) is 5.69 Å². The van der Waals surface area contributed by atoms with Crippen molar-refractivity contribution in [1.29, 1.82) is 0 Å². The van der Waals surface area contributed by atoms with Gasteiger partial charge < -0.3 is 9.73 Å². The van der Waals surface area contributed by atoms with Crippen LogP contribution in [0, 0.1) is 0 Å². The maximum absolute atomic E-state index is 12.3. The summed E-state index contributed by atoms with van der Waals surface area (Å²) in [5, 5.41) is 3.35. The number of rotatable bonds is 6. The van der Waals surface area contributed by atoms with Crippen LogP contribution in [0.5, 0.6) is 0 Å². The number of thioether (sulfide) groups is 1. The fraction of sp³-hybridized carbons (Fsp3) is 0.0435. The van der Waals surface area contributed by atoms with Crippen molar-refractivity contribution in [1.82, 2.24) is 4.98 Å². The zero-order chi connectivity index (χ0) is 20.1. The molecule has 0 aliphatic rings. The predicted octanol–water partition coefficient (Wildman–Crippen LogP) is 6.50. The minimum atomic E-state index is -0.123. The number of aromatic nitrogens is 1. The molecule has 0 bridgehead atoms. The van der Waals surface area contributed by atoms with Gasteiger partial charge in [0, 0.05) is 15.6 Å². The molecule has 4 nitrogen and oxygen atoms in total. The third-order valence-corrected chi connectivity index (χ3v) is 5.69. The van der Waals surface area contributed by atoms with Gasteiger partial charge in [-0.3, -0.25) is 4.79 Å². The maximum atomic E-state index is 12.3. The predicted molar refractivity (Wildman–Crippen MR) is 121 cm³/mol. The van der Waals surface area contributed by atoms with E-state index in [1.165, 1.54) is 11.8 Å². The molecular formula is C23H17BrN2O2S. The van der Waals surface area contributed by atoms with E-state index < -0.39 is 0 Å². The number of nitrogens with one attached hydrogen (secondary N) is 1. The molecule has 0 aliphatic carbocycles. The summed E-state index contributed by atoms with van der Waals surface area (Å²) in [7, 11) is 0. The van der Waals surface area contributed by atoms with E-state index in [0.717, 1.165) is 27.0 Å². The molecule has 0 spiro atoms. The molecule has 144 valence electrons. The van der Waals surface area contributed by atoms with Crippen LogP contribution in [-0.2, 0) is 4.79 Å². The number of carbonyl (C=O) groups is 1. The van der Waals surface area contributed by atoms with Crippen LogP contribution in [0.25, 0.3) is 22.6 Å². The number of nitrogens with zero attached hydrogens (tertiary/aromatic N) is 1. The Hall–Kier alpha value is -2.83. The molecule has 4 aromatic rings. The van der Waals surface area contributed by atoms with E-state index in [2.05, 4.69) is 26.2 Å². The summed E-state index contributed by atoms with van der Waals surface area (Å²) in [4.78, 5) is 17.0. The number of amides is 1. The molecule has 3 aromatic carbocycles. The van der Waals surface area contributed by atoms with Crippen LogP contribution in [-0.4, -0.2) is 16.6 Å². The summed E-state index contributed by atoms with van der Waals surface area (Å²) in [6, 6.07) is 27.3. The van der Waals surface area contributed by atoms with Gasteiger partial charge in [0.2, 0.25) is 5.91 Å². The molecule has 29 heavy (non-hydrogen) atoms. The quantitative estimate of drug-likeness (QED) is 0.330. The van der Waals surface area contributed by atoms with Gasteiger partial charge in [-0.25, -0.2) is 4.98 Å². The third kappa shape index (κ3) is 4.78. The number of oxazole rings is 1. The second-order valence-electron chi connectivity index (χ2n) is 6.21. The number of anilines is 1. The second kappa shape index (κ2) is 9.11. The minimum absolute atomic E-state index is 0.123. The van der Waals surface area contributed by atoms with Gasteiger partial charge in [0.15, 0.2) is 5.76 Å². The first-order chi connectivity index (χ1) is 14.2. The zero-order valence-corrected chi connectivity index (χ0v) is 17.7. The number of hydrogen-bond donors (Lipinski definition) is 1. The molecule has 0 fully saturated rings. The first-order valence-corrected chi connectivity index (χ1v) is 10.8. The summed E-state index contributed by atoms with van der Waals surface area (Å²) in [6.07, 6.45) is 0.